The highest BCUT2D eigenvalue weighted by Crippen LogP contribution is 2.10. The van der Waals surface area contributed by atoms with Crippen LogP contribution in [0.15, 0.2) is 29.1 Å². The maximum absolute atomic E-state index is 12.2. The molecular weight excluding hydrogens is 254 g/mol. The van der Waals surface area contributed by atoms with Crippen molar-refractivity contribution in [2.24, 2.45) is 13.0 Å². The van der Waals surface area contributed by atoms with Gasteiger partial charge in [-0.05, 0) is 18.1 Å². The Bertz CT molecular complexity index is 667. The third-order valence-corrected chi connectivity index (χ3v) is 3.30. The lowest BCUT2D eigenvalue weighted by Crippen LogP contribution is -2.31. The van der Waals surface area contributed by atoms with Gasteiger partial charge >= 0.3 is 5.69 Å². The Hall–Kier alpha value is -2.04. The smallest absolute Gasteiger partial charge is 0.328 e. The number of aryl methyl sites for hydroxylation is 1. The second-order valence-electron chi connectivity index (χ2n) is 5.43. The van der Waals surface area contributed by atoms with Crippen molar-refractivity contribution in [3.63, 3.8) is 0 Å². The molecule has 0 fully saturated rings. The molecule has 2 aromatic rings. The average Bonchev–Trinajstić information content (AvgIpc) is 2.63. The Balaban J connectivity index is 2.09. The molecule has 1 aromatic heterocycles. The summed E-state index contributed by atoms with van der Waals surface area (Å²) in [5.41, 5.74) is 1.76. The number of fused-ring (bicyclic) bond motifs is 1. The zero-order valence-electron chi connectivity index (χ0n) is 12.2. The van der Waals surface area contributed by atoms with Gasteiger partial charge in [0.1, 0.15) is 0 Å². The third kappa shape index (κ3) is 2.92. The first-order chi connectivity index (χ1) is 9.50. The zero-order chi connectivity index (χ0) is 14.7. The number of nitrogens with zero attached hydrogens (tertiary/aromatic N) is 2. The van der Waals surface area contributed by atoms with E-state index in [4.69, 9.17) is 0 Å². The molecule has 0 spiro atoms. The van der Waals surface area contributed by atoms with Gasteiger partial charge in [0, 0.05) is 26.6 Å². The number of carbonyl (C=O) groups excluding carboxylic acids is 1. The fourth-order valence-electron chi connectivity index (χ4n) is 2.33. The van der Waals surface area contributed by atoms with Crippen molar-refractivity contribution in [1.29, 1.82) is 0 Å². The van der Waals surface area contributed by atoms with Crippen LogP contribution in [0.3, 0.4) is 0 Å². The minimum absolute atomic E-state index is 0.0354. The number of carbonyl (C=O) groups is 1. The predicted molar refractivity (Wildman–Crippen MR) is 79.6 cm³/mol. The van der Waals surface area contributed by atoms with E-state index >= 15 is 0 Å². The molecule has 1 heterocycles. The molecule has 0 saturated carbocycles. The Labute approximate surface area is 118 Å². The number of aromatic nitrogens is 2. The van der Waals surface area contributed by atoms with Crippen LogP contribution in [-0.4, -0.2) is 21.6 Å². The van der Waals surface area contributed by atoms with Gasteiger partial charge in [0.15, 0.2) is 0 Å². The number of benzene rings is 1. The maximum Gasteiger partial charge on any atom is 0.328 e. The van der Waals surface area contributed by atoms with E-state index in [1.165, 1.54) is 0 Å². The molecule has 20 heavy (non-hydrogen) atoms. The van der Waals surface area contributed by atoms with Crippen LogP contribution in [0.1, 0.15) is 20.3 Å². The molecule has 1 N–H and O–H groups in total. The molecule has 1 amide bonds. The Morgan fingerprint density at radius 2 is 1.90 bits per heavy atom. The number of hydrogen-bond donors (Lipinski definition) is 1. The SMILES string of the molecule is CC(C)CC(=O)NCCn1c(=O)n(C)c2ccccc21. The van der Waals surface area contributed by atoms with Crippen LogP contribution < -0.4 is 11.0 Å². The molecule has 0 bridgehead atoms. The highest BCUT2D eigenvalue weighted by atomic mass is 16.2. The summed E-state index contributed by atoms with van der Waals surface area (Å²) in [6.07, 6.45) is 0.518. The summed E-state index contributed by atoms with van der Waals surface area (Å²) in [5, 5.41) is 2.86. The quantitative estimate of drug-likeness (QED) is 0.899. The number of amides is 1. The molecule has 0 atom stereocenters. The van der Waals surface area contributed by atoms with Gasteiger partial charge in [0.25, 0.3) is 0 Å². The van der Waals surface area contributed by atoms with Crippen molar-refractivity contribution in [2.75, 3.05) is 6.54 Å². The van der Waals surface area contributed by atoms with Crippen LogP contribution in [0.25, 0.3) is 11.0 Å². The maximum atomic E-state index is 12.2. The van der Waals surface area contributed by atoms with Gasteiger partial charge in [-0.1, -0.05) is 26.0 Å². The first-order valence-corrected chi connectivity index (χ1v) is 6.91. The number of hydrogen-bond acceptors (Lipinski definition) is 2. The van der Waals surface area contributed by atoms with Gasteiger partial charge in [-0.15, -0.1) is 0 Å². The Kier molecular flexibility index (Phi) is 4.27. The van der Waals surface area contributed by atoms with Crippen molar-refractivity contribution >= 4 is 16.9 Å². The molecule has 0 radical (unpaired) electrons. The average molecular weight is 275 g/mol. The zero-order valence-corrected chi connectivity index (χ0v) is 12.2. The van der Waals surface area contributed by atoms with E-state index in [-0.39, 0.29) is 11.6 Å². The van der Waals surface area contributed by atoms with Crippen LogP contribution in [-0.2, 0) is 18.4 Å². The van der Waals surface area contributed by atoms with Crippen molar-refractivity contribution in [2.45, 2.75) is 26.8 Å². The van der Waals surface area contributed by atoms with Crippen molar-refractivity contribution in [3.8, 4) is 0 Å². The molecule has 0 aliphatic heterocycles. The van der Waals surface area contributed by atoms with E-state index in [0.29, 0.717) is 25.4 Å². The minimum atomic E-state index is -0.0516. The van der Waals surface area contributed by atoms with Crippen LogP contribution in [0, 0.1) is 5.92 Å². The van der Waals surface area contributed by atoms with Gasteiger partial charge in [0.2, 0.25) is 5.91 Å². The summed E-state index contributed by atoms with van der Waals surface area (Å²) in [7, 11) is 1.76. The second kappa shape index (κ2) is 5.94. The molecule has 0 aliphatic rings. The molecule has 1 aromatic carbocycles. The van der Waals surface area contributed by atoms with Crippen LogP contribution >= 0.6 is 0 Å². The van der Waals surface area contributed by atoms with E-state index in [9.17, 15) is 9.59 Å². The number of nitrogens with one attached hydrogen (secondary N) is 1. The molecule has 5 nitrogen and oxygen atoms in total. The molecule has 5 heteroatoms. The molecule has 0 saturated heterocycles. The summed E-state index contributed by atoms with van der Waals surface area (Å²) in [6.45, 7) is 4.98. The van der Waals surface area contributed by atoms with Crippen molar-refractivity contribution in [3.05, 3.63) is 34.7 Å². The lowest BCUT2D eigenvalue weighted by Gasteiger charge is -2.07. The minimum Gasteiger partial charge on any atom is -0.354 e. The second-order valence-corrected chi connectivity index (χ2v) is 5.43. The Morgan fingerprint density at radius 1 is 1.25 bits per heavy atom. The van der Waals surface area contributed by atoms with E-state index < -0.39 is 0 Å². The van der Waals surface area contributed by atoms with Gasteiger partial charge in [-0.3, -0.25) is 13.9 Å². The standard InChI is InChI=1S/C15H21N3O2/c1-11(2)10-14(19)16-8-9-18-13-7-5-4-6-12(13)17(3)15(18)20/h4-7,11H,8-10H2,1-3H3,(H,16,19). The van der Waals surface area contributed by atoms with Crippen molar-refractivity contribution in [1.82, 2.24) is 14.5 Å². The summed E-state index contributed by atoms with van der Waals surface area (Å²) >= 11 is 0. The fraction of sp³-hybridized carbons (Fsp3) is 0.467. The highest BCUT2D eigenvalue weighted by molar-refractivity contribution is 5.76. The number of para-hydroxylation sites is 2. The monoisotopic (exact) mass is 275 g/mol. The molecule has 108 valence electrons. The highest BCUT2D eigenvalue weighted by Gasteiger charge is 2.10. The van der Waals surface area contributed by atoms with Crippen molar-refractivity contribution < 1.29 is 4.79 Å². The number of rotatable bonds is 5. The van der Waals surface area contributed by atoms with E-state index in [2.05, 4.69) is 5.32 Å². The third-order valence-electron chi connectivity index (χ3n) is 3.30. The first-order valence-electron chi connectivity index (χ1n) is 6.91. The summed E-state index contributed by atoms with van der Waals surface area (Å²) in [6, 6.07) is 7.67. The molecule has 0 aliphatic carbocycles. The van der Waals surface area contributed by atoms with Gasteiger partial charge in [-0.2, -0.15) is 0 Å². The van der Waals surface area contributed by atoms with Gasteiger partial charge < -0.3 is 5.32 Å². The summed E-state index contributed by atoms with van der Waals surface area (Å²) < 4.78 is 3.33. The summed E-state index contributed by atoms with van der Waals surface area (Å²) in [4.78, 5) is 23.7. The number of imidazole rings is 1. The lowest BCUT2D eigenvalue weighted by atomic mass is 10.1. The lowest BCUT2D eigenvalue weighted by molar-refractivity contribution is -0.121. The molecular formula is C15H21N3O2. The van der Waals surface area contributed by atoms with Gasteiger partial charge in [0.05, 0.1) is 11.0 Å². The normalized spacial score (nSPS) is 11.2. The first kappa shape index (κ1) is 14.4. The largest absolute Gasteiger partial charge is 0.354 e. The van der Waals surface area contributed by atoms with Crippen LogP contribution in [0.2, 0.25) is 0 Å². The van der Waals surface area contributed by atoms with Crippen LogP contribution in [0.5, 0.6) is 0 Å². The van der Waals surface area contributed by atoms with Crippen LogP contribution in [0.4, 0.5) is 0 Å². The topological polar surface area (TPSA) is 56.0 Å². The predicted octanol–water partition coefficient (Wildman–Crippen LogP) is 1.50. The Morgan fingerprint density at radius 3 is 2.55 bits per heavy atom. The molecule has 2 rings (SSSR count). The van der Waals surface area contributed by atoms with E-state index in [1.54, 1.807) is 16.2 Å². The summed E-state index contributed by atoms with van der Waals surface area (Å²) in [5.74, 6) is 0.378. The van der Waals surface area contributed by atoms with E-state index in [0.717, 1.165) is 11.0 Å². The van der Waals surface area contributed by atoms with E-state index in [1.807, 2.05) is 38.1 Å². The van der Waals surface area contributed by atoms with Gasteiger partial charge in [-0.25, -0.2) is 4.79 Å². The fourth-order valence-corrected chi connectivity index (χ4v) is 2.33. The molecule has 0 unspecified atom stereocenters.